The molecule has 1 heterocycles. The number of allylic oxidation sites excluding steroid dienone is 1. The quantitative estimate of drug-likeness (QED) is 0.417. The molecule has 0 fully saturated rings. The van der Waals surface area contributed by atoms with Gasteiger partial charge in [0.15, 0.2) is 5.16 Å². The van der Waals surface area contributed by atoms with E-state index in [1.165, 1.54) is 11.1 Å². The molecule has 0 bridgehead atoms. The number of rotatable bonds is 7. The number of hydrogen-bond acceptors (Lipinski definition) is 3. The van der Waals surface area contributed by atoms with Crippen LogP contribution in [0.1, 0.15) is 22.5 Å². The largest absolute Gasteiger partial charge is 0.302 e. The van der Waals surface area contributed by atoms with Gasteiger partial charge in [0.05, 0.1) is 0 Å². The van der Waals surface area contributed by atoms with Gasteiger partial charge in [-0.1, -0.05) is 71.4 Å². The van der Waals surface area contributed by atoms with Gasteiger partial charge in [0.25, 0.3) is 0 Å². The minimum Gasteiger partial charge on any atom is -0.302 e. The number of benzene rings is 2. The normalized spacial score (nSPS) is 10.8. The highest BCUT2D eigenvalue weighted by Crippen LogP contribution is 2.23. The molecule has 3 aromatic rings. The Bertz CT molecular complexity index is 838. The lowest BCUT2D eigenvalue weighted by molar-refractivity contribution is 0.690. The van der Waals surface area contributed by atoms with Crippen LogP contribution in [0.25, 0.3) is 0 Å². The van der Waals surface area contributed by atoms with Crippen LogP contribution in [-0.2, 0) is 18.7 Å². The van der Waals surface area contributed by atoms with Gasteiger partial charge in [0, 0.05) is 23.7 Å². The molecule has 5 heteroatoms. The predicted octanol–water partition coefficient (Wildman–Crippen LogP) is 5.31. The highest BCUT2D eigenvalue weighted by molar-refractivity contribution is 7.98. The molecule has 3 nitrogen and oxygen atoms in total. The minimum atomic E-state index is 0.701. The fraction of sp³-hybridized carbons (Fsp3) is 0.200. The maximum absolute atomic E-state index is 5.96. The van der Waals surface area contributed by atoms with E-state index in [0.29, 0.717) is 6.54 Å². The summed E-state index contributed by atoms with van der Waals surface area (Å²) < 4.78 is 2.13. The van der Waals surface area contributed by atoms with Gasteiger partial charge in [-0.15, -0.1) is 16.8 Å². The van der Waals surface area contributed by atoms with E-state index in [-0.39, 0.29) is 0 Å². The molecule has 2 aromatic carbocycles. The second kappa shape index (κ2) is 8.37. The van der Waals surface area contributed by atoms with Crippen molar-refractivity contribution in [2.75, 3.05) is 0 Å². The average molecular weight is 370 g/mol. The summed E-state index contributed by atoms with van der Waals surface area (Å²) in [7, 11) is 0. The molecule has 0 radical (unpaired) electrons. The summed E-state index contributed by atoms with van der Waals surface area (Å²) in [4.78, 5) is 0. The van der Waals surface area contributed by atoms with E-state index in [1.54, 1.807) is 11.8 Å². The van der Waals surface area contributed by atoms with Crippen molar-refractivity contribution in [3.63, 3.8) is 0 Å². The summed E-state index contributed by atoms with van der Waals surface area (Å²) in [5.74, 6) is 1.81. The zero-order valence-electron chi connectivity index (χ0n) is 14.2. The highest BCUT2D eigenvalue weighted by atomic mass is 35.5. The van der Waals surface area contributed by atoms with Gasteiger partial charge < -0.3 is 4.57 Å². The Morgan fingerprint density at radius 1 is 1.04 bits per heavy atom. The van der Waals surface area contributed by atoms with E-state index in [2.05, 4.69) is 52.5 Å². The Balaban J connectivity index is 1.75. The SMILES string of the molecule is C=CCn1c(Cc2ccc(Cl)cc2)nnc1SCc1ccc(C)cc1. The summed E-state index contributed by atoms with van der Waals surface area (Å²) in [6.45, 7) is 6.66. The number of thioether (sulfide) groups is 1. The first-order valence-corrected chi connectivity index (χ1v) is 9.48. The first kappa shape index (κ1) is 17.8. The van der Waals surface area contributed by atoms with Crippen molar-refractivity contribution in [1.82, 2.24) is 14.8 Å². The summed E-state index contributed by atoms with van der Waals surface area (Å²) >= 11 is 7.66. The van der Waals surface area contributed by atoms with Crippen molar-refractivity contribution in [2.24, 2.45) is 0 Å². The smallest absolute Gasteiger partial charge is 0.191 e. The number of aryl methyl sites for hydroxylation is 1. The number of nitrogens with zero attached hydrogens (tertiary/aromatic N) is 3. The van der Waals surface area contributed by atoms with Gasteiger partial charge in [0.2, 0.25) is 0 Å². The van der Waals surface area contributed by atoms with Crippen LogP contribution in [0, 0.1) is 6.92 Å². The van der Waals surface area contributed by atoms with Crippen molar-refractivity contribution in [1.29, 1.82) is 0 Å². The predicted molar refractivity (Wildman–Crippen MR) is 105 cm³/mol. The van der Waals surface area contributed by atoms with E-state index < -0.39 is 0 Å². The van der Waals surface area contributed by atoms with Crippen LogP contribution < -0.4 is 0 Å². The minimum absolute atomic E-state index is 0.701. The van der Waals surface area contributed by atoms with Crippen LogP contribution in [0.3, 0.4) is 0 Å². The summed E-state index contributed by atoms with van der Waals surface area (Å²) in [5.41, 5.74) is 3.72. The molecule has 0 spiro atoms. The summed E-state index contributed by atoms with van der Waals surface area (Å²) in [6.07, 6.45) is 2.60. The van der Waals surface area contributed by atoms with Crippen LogP contribution in [0.4, 0.5) is 0 Å². The number of halogens is 1. The monoisotopic (exact) mass is 369 g/mol. The Hall–Kier alpha value is -2.04. The maximum atomic E-state index is 5.96. The Kier molecular flexibility index (Phi) is 5.95. The molecular weight excluding hydrogens is 350 g/mol. The van der Waals surface area contributed by atoms with Gasteiger partial charge in [-0.3, -0.25) is 0 Å². The van der Waals surface area contributed by atoms with Crippen molar-refractivity contribution in [2.45, 2.75) is 30.8 Å². The Morgan fingerprint density at radius 3 is 2.40 bits per heavy atom. The number of hydrogen-bond donors (Lipinski definition) is 0. The lowest BCUT2D eigenvalue weighted by Crippen LogP contribution is -2.04. The molecular formula is C20H20ClN3S. The second-order valence-corrected chi connectivity index (χ2v) is 7.25. The van der Waals surface area contributed by atoms with Crippen molar-refractivity contribution >= 4 is 23.4 Å². The molecule has 0 aliphatic heterocycles. The summed E-state index contributed by atoms with van der Waals surface area (Å²) in [5, 5.41) is 10.4. The standard InChI is InChI=1S/C20H20ClN3S/c1-3-12-24-19(13-16-8-10-18(21)11-9-16)22-23-20(24)25-14-17-6-4-15(2)5-7-17/h3-11H,1,12-14H2,2H3. The zero-order valence-corrected chi connectivity index (χ0v) is 15.7. The third-order valence-corrected chi connectivity index (χ3v) is 5.16. The van der Waals surface area contributed by atoms with Crippen LogP contribution in [0.15, 0.2) is 66.3 Å². The molecule has 0 saturated heterocycles. The van der Waals surface area contributed by atoms with Crippen LogP contribution in [0.5, 0.6) is 0 Å². The molecule has 0 aliphatic carbocycles. The molecule has 0 aliphatic rings. The summed E-state index contributed by atoms with van der Waals surface area (Å²) in [6, 6.07) is 16.4. The third kappa shape index (κ3) is 4.74. The molecule has 1 aromatic heterocycles. The van der Waals surface area contributed by atoms with E-state index in [9.17, 15) is 0 Å². The number of aromatic nitrogens is 3. The van der Waals surface area contributed by atoms with E-state index >= 15 is 0 Å². The molecule has 0 amide bonds. The molecule has 0 N–H and O–H groups in total. The topological polar surface area (TPSA) is 30.7 Å². The van der Waals surface area contributed by atoms with Crippen molar-refractivity contribution < 1.29 is 0 Å². The van der Waals surface area contributed by atoms with E-state index in [4.69, 9.17) is 11.6 Å². The lowest BCUT2D eigenvalue weighted by atomic mass is 10.1. The molecule has 3 rings (SSSR count). The van der Waals surface area contributed by atoms with Crippen LogP contribution in [0.2, 0.25) is 5.02 Å². The molecule has 128 valence electrons. The fourth-order valence-corrected chi connectivity index (χ4v) is 3.53. The van der Waals surface area contributed by atoms with Crippen molar-refractivity contribution in [3.8, 4) is 0 Å². The van der Waals surface area contributed by atoms with Gasteiger partial charge in [0.1, 0.15) is 5.82 Å². The first-order chi connectivity index (χ1) is 12.2. The van der Waals surface area contributed by atoms with Gasteiger partial charge in [-0.05, 0) is 30.2 Å². The zero-order chi connectivity index (χ0) is 17.6. The van der Waals surface area contributed by atoms with Crippen molar-refractivity contribution in [3.05, 3.63) is 88.7 Å². The molecule has 25 heavy (non-hydrogen) atoms. The molecule has 0 saturated carbocycles. The average Bonchev–Trinajstić information content (AvgIpc) is 2.99. The van der Waals surface area contributed by atoms with Crippen LogP contribution >= 0.6 is 23.4 Å². The van der Waals surface area contributed by atoms with Crippen LogP contribution in [-0.4, -0.2) is 14.8 Å². The lowest BCUT2D eigenvalue weighted by Gasteiger charge is -2.08. The molecule has 0 atom stereocenters. The maximum Gasteiger partial charge on any atom is 0.191 e. The Morgan fingerprint density at radius 2 is 1.72 bits per heavy atom. The highest BCUT2D eigenvalue weighted by Gasteiger charge is 2.12. The molecule has 0 unspecified atom stereocenters. The third-order valence-electron chi connectivity index (χ3n) is 3.87. The van der Waals surface area contributed by atoms with Gasteiger partial charge in [-0.2, -0.15) is 0 Å². The Labute approximate surface area is 157 Å². The van der Waals surface area contributed by atoms with E-state index in [0.717, 1.165) is 33.7 Å². The fourth-order valence-electron chi connectivity index (χ4n) is 2.49. The van der Waals surface area contributed by atoms with E-state index in [1.807, 2.05) is 30.3 Å². The van der Waals surface area contributed by atoms with Gasteiger partial charge >= 0.3 is 0 Å². The first-order valence-electron chi connectivity index (χ1n) is 8.11. The van der Waals surface area contributed by atoms with Gasteiger partial charge in [-0.25, -0.2) is 0 Å². The second-order valence-electron chi connectivity index (χ2n) is 5.88.